The Morgan fingerprint density at radius 3 is 2.37 bits per heavy atom. The molecule has 0 amide bonds. The summed E-state index contributed by atoms with van der Waals surface area (Å²) in [6, 6.07) is 19.6. The highest BCUT2D eigenvalue weighted by atomic mass is 35.5. The smallest absolute Gasteiger partial charge is 0.189 e. The monoisotopic (exact) mass is 415 g/mol. The molecule has 2 aromatic heterocycles. The number of aryl methyl sites for hydroxylation is 2. The molecule has 0 unspecified atom stereocenters. The lowest BCUT2D eigenvalue weighted by Crippen LogP contribution is -2.08. The summed E-state index contributed by atoms with van der Waals surface area (Å²) in [5.41, 5.74) is 6.83. The fourth-order valence-corrected chi connectivity index (χ4v) is 3.84. The summed E-state index contributed by atoms with van der Waals surface area (Å²) in [5, 5.41) is 5.31. The lowest BCUT2D eigenvalue weighted by atomic mass is 10.0. The van der Waals surface area contributed by atoms with E-state index < -0.39 is 0 Å². The molecule has 4 nitrogen and oxygen atoms in total. The van der Waals surface area contributed by atoms with Crippen molar-refractivity contribution in [1.82, 2.24) is 14.8 Å². The predicted molar refractivity (Wildman–Crippen MR) is 120 cm³/mol. The number of Topliss-reactive ketones (excluding diaryl/α,β-unsaturated/α-hetero) is 1. The molecule has 0 aliphatic carbocycles. The van der Waals surface area contributed by atoms with Crippen LogP contribution in [0, 0.1) is 20.8 Å². The van der Waals surface area contributed by atoms with E-state index in [2.05, 4.69) is 17.1 Å². The van der Waals surface area contributed by atoms with Crippen molar-refractivity contribution in [1.29, 1.82) is 0 Å². The van der Waals surface area contributed by atoms with E-state index in [1.165, 1.54) is 5.56 Å². The molecule has 0 bridgehead atoms. The number of hydrogen-bond acceptors (Lipinski definition) is 3. The van der Waals surface area contributed by atoms with Crippen LogP contribution < -0.4 is 0 Å². The molecule has 2 aromatic carbocycles. The van der Waals surface area contributed by atoms with Crippen molar-refractivity contribution in [2.75, 3.05) is 0 Å². The minimum absolute atomic E-state index is 0.0680. The molecule has 2 heterocycles. The summed E-state index contributed by atoms with van der Waals surface area (Å²) in [7, 11) is 0. The highest BCUT2D eigenvalue weighted by Crippen LogP contribution is 2.32. The molecule has 0 fully saturated rings. The van der Waals surface area contributed by atoms with Gasteiger partial charge in [-0.3, -0.25) is 9.78 Å². The largest absolute Gasteiger partial charge is 0.292 e. The second kappa shape index (κ2) is 8.25. The van der Waals surface area contributed by atoms with Gasteiger partial charge < -0.3 is 0 Å². The molecule has 0 radical (unpaired) electrons. The number of ketones is 1. The zero-order valence-electron chi connectivity index (χ0n) is 17.2. The zero-order chi connectivity index (χ0) is 21.3. The molecular formula is C25H22ClN3O. The van der Waals surface area contributed by atoms with Crippen molar-refractivity contribution in [2.45, 2.75) is 27.2 Å². The molecule has 150 valence electrons. The van der Waals surface area contributed by atoms with Gasteiger partial charge in [0, 0.05) is 23.0 Å². The van der Waals surface area contributed by atoms with E-state index in [1.807, 2.05) is 69.3 Å². The zero-order valence-corrected chi connectivity index (χ0v) is 17.9. The average Bonchev–Trinajstić information content (AvgIpc) is 3.06. The fraction of sp³-hybridized carbons (Fsp3) is 0.160. The van der Waals surface area contributed by atoms with Gasteiger partial charge in [-0.1, -0.05) is 53.6 Å². The number of aromatic nitrogens is 3. The summed E-state index contributed by atoms with van der Waals surface area (Å²) in [4.78, 5) is 17.4. The molecule has 0 saturated heterocycles. The average molecular weight is 416 g/mol. The SMILES string of the molecule is Cc1ccc(-c2c(C)c(C(=O)Cc3ccccn3)nn2-c2ccc(C)cc2Cl)cc1. The quantitative estimate of drug-likeness (QED) is 0.379. The van der Waals surface area contributed by atoms with Gasteiger partial charge >= 0.3 is 0 Å². The first-order valence-electron chi connectivity index (χ1n) is 9.80. The number of hydrogen-bond donors (Lipinski definition) is 0. The number of carbonyl (C=O) groups is 1. The Balaban J connectivity index is 1.86. The van der Waals surface area contributed by atoms with Gasteiger partial charge in [-0.15, -0.1) is 0 Å². The van der Waals surface area contributed by atoms with Crippen LogP contribution in [-0.4, -0.2) is 20.5 Å². The molecule has 0 spiro atoms. The molecule has 0 atom stereocenters. The number of carbonyl (C=O) groups excluding carboxylic acids is 1. The highest BCUT2D eigenvalue weighted by molar-refractivity contribution is 6.32. The fourth-order valence-electron chi connectivity index (χ4n) is 3.52. The molecule has 30 heavy (non-hydrogen) atoms. The summed E-state index contributed by atoms with van der Waals surface area (Å²) >= 11 is 6.56. The van der Waals surface area contributed by atoms with Crippen LogP contribution in [0.3, 0.4) is 0 Å². The number of pyridine rings is 1. The van der Waals surface area contributed by atoms with Gasteiger partial charge in [-0.25, -0.2) is 4.68 Å². The maximum Gasteiger partial charge on any atom is 0.189 e. The predicted octanol–water partition coefficient (Wildman–Crippen LogP) is 5.94. The van der Waals surface area contributed by atoms with Gasteiger partial charge in [0.1, 0.15) is 5.69 Å². The topological polar surface area (TPSA) is 47.8 Å². The van der Waals surface area contributed by atoms with Crippen molar-refractivity contribution in [3.05, 3.63) is 100.0 Å². The molecule has 0 N–H and O–H groups in total. The van der Waals surface area contributed by atoms with E-state index in [9.17, 15) is 4.79 Å². The summed E-state index contributed by atoms with van der Waals surface area (Å²) in [5.74, 6) is -0.0680. The number of nitrogens with zero attached hydrogens (tertiary/aromatic N) is 3. The van der Waals surface area contributed by atoms with E-state index in [0.29, 0.717) is 10.7 Å². The van der Waals surface area contributed by atoms with E-state index >= 15 is 0 Å². The van der Waals surface area contributed by atoms with Crippen LogP contribution in [0.5, 0.6) is 0 Å². The summed E-state index contributed by atoms with van der Waals surface area (Å²) in [6.45, 7) is 5.98. The van der Waals surface area contributed by atoms with E-state index in [1.54, 1.807) is 10.9 Å². The van der Waals surface area contributed by atoms with Gasteiger partial charge in [0.2, 0.25) is 0 Å². The number of halogens is 1. The van der Waals surface area contributed by atoms with Gasteiger partial charge in [0.15, 0.2) is 5.78 Å². The highest BCUT2D eigenvalue weighted by Gasteiger charge is 2.23. The van der Waals surface area contributed by atoms with Crippen LogP contribution >= 0.6 is 11.6 Å². The Bertz CT molecular complexity index is 1210. The molecule has 0 aliphatic rings. The van der Waals surface area contributed by atoms with Gasteiger partial charge in [0.05, 0.1) is 22.8 Å². The van der Waals surface area contributed by atoms with Crippen LogP contribution in [0.4, 0.5) is 0 Å². The summed E-state index contributed by atoms with van der Waals surface area (Å²) in [6.07, 6.45) is 1.89. The second-order valence-corrected chi connectivity index (χ2v) is 7.88. The van der Waals surface area contributed by atoms with Gasteiger partial charge in [-0.2, -0.15) is 5.10 Å². The molecule has 0 aliphatic heterocycles. The number of rotatable bonds is 5. The molecule has 4 aromatic rings. The van der Waals surface area contributed by atoms with Crippen LogP contribution in [0.15, 0.2) is 66.9 Å². The lowest BCUT2D eigenvalue weighted by molar-refractivity contribution is 0.0986. The van der Waals surface area contributed by atoms with Gasteiger partial charge in [0.25, 0.3) is 0 Å². The molecule has 4 rings (SSSR count). The number of benzene rings is 2. The van der Waals surface area contributed by atoms with Crippen LogP contribution in [0.1, 0.15) is 32.9 Å². The lowest BCUT2D eigenvalue weighted by Gasteiger charge is -2.11. The Kier molecular flexibility index (Phi) is 5.51. The van der Waals surface area contributed by atoms with Crippen molar-refractivity contribution in [3.63, 3.8) is 0 Å². The van der Waals surface area contributed by atoms with Crippen molar-refractivity contribution < 1.29 is 4.79 Å². The third kappa shape index (κ3) is 3.91. The Labute approximate surface area is 181 Å². The first kappa shape index (κ1) is 20.0. The minimum Gasteiger partial charge on any atom is -0.292 e. The maximum atomic E-state index is 13.1. The van der Waals surface area contributed by atoms with Crippen LogP contribution in [0.2, 0.25) is 5.02 Å². The van der Waals surface area contributed by atoms with E-state index in [-0.39, 0.29) is 12.2 Å². The Hall–Kier alpha value is -3.24. The van der Waals surface area contributed by atoms with Crippen molar-refractivity contribution in [3.8, 4) is 16.9 Å². The summed E-state index contributed by atoms with van der Waals surface area (Å²) < 4.78 is 1.79. The third-order valence-corrected chi connectivity index (χ3v) is 5.41. The maximum absolute atomic E-state index is 13.1. The standard InChI is InChI=1S/C25H22ClN3O/c1-16-7-10-19(11-8-16)25-18(3)24(23(30)15-20-6-4-5-13-27-20)28-29(25)22-12-9-17(2)14-21(22)26/h4-14H,15H2,1-3H3. The van der Waals surface area contributed by atoms with Crippen LogP contribution in [0.25, 0.3) is 16.9 Å². The van der Waals surface area contributed by atoms with E-state index in [0.717, 1.165) is 33.8 Å². The molecule has 0 saturated carbocycles. The third-order valence-electron chi connectivity index (χ3n) is 5.11. The molecule has 5 heteroatoms. The normalized spacial score (nSPS) is 10.9. The van der Waals surface area contributed by atoms with Gasteiger partial charge in [-0.05, 0) is 50.6 Å². The second-order valence-electron chi connectivity index (χ2n) is 7.48. The van der Waals surface area contributed by atoms with Crippen molar-refractivity contribution in [2.24, 2.45) is 0 Å². The van der Waals surface area contributed by atoms with Crippen LogP contribution in [-0.2, 0) is 6.42 Å². The Morgan fingerprint density at radius 2 is 1.70 bits per heavy atom. The van der Waals surface area contributed by atoms with Crippen molar-refractivity contribution >= 4 is 17.4 Å². The first-order chi connectivity index (χ1) is 14.4. The van der Waals surface area contributed by atoms with E-state index in [4.69, 9.17) is 16.7 Å². The Morgan fingerprint density at radius 1 is 0.967 bits per heavy atom. The first-order valence-corrected chi connectivity index (χ1v) is 10.2. The molecular weight excluding hydrogens is 394 g/mol. The minimum atomic E-state index is -0.0680.